The van der Waals surface area contributed by atoms with Crippen molar-refractivity contribution in [1.29, 1.82) is 0 Å². The predicted molar refractivity (Wildman–Crippen MR) is 76.1 cm³/mol. The Morgan fingerprint density at radius 3 is 1.74 bits per heavy atom. The molecule has 0 aliphatic carbocycles. The van der Waals surface area contributed by atoms with Gasteiger partial charge in [-0.3, -0.25) is 9.36 Å². The summed E-state index contributed by atoms with van der Waals surface area (Å²) < 4.78 is 18.4. The summed E-state index contributed by atoms with van der Waals surface area (Å²) in [6, 6.07) is 17.7. The fourth-order valence-corrected chi connectivity index (χ4v) is 3.77. The average Bonchev–Trinajstić information content (AvgIpc) is 2.48. The van der Waals surface area contributed by atoms with Crippen LogP contribution in [0.15, 0.2) is 60.7 Å². The molecule has 0 amide bonds. The average molecular weight is 274 g/mol. The smallest absolute Gasteiger partial charge is 0.310 e. The van der Waals surface area contributed by atoms with Gasteiger partial charge in [0.05, 0.1) is 10.6 Å². The molecule has 0 N–H and O–H groups in total. The lowest BCUT2D eigenvalue weighted by Crippen LogP contribution is -2.20. The molecule has 0 aliphatic heterocycles. The summed E-state index contributed by atoms with van der Waals surface area (Å²) in [5, 5.41) is 1.06. The van der Waals surface area contributed by atoms with E-state index in [4.69, 9.17) is 4.52 Å². The van der Waals surface area contributed by atoms with Crippen LogP contribution in [-0.4, -0.2) is 5.97 Å². The second-order valence-electron chi connectivity index (χ2n) is 4.04. The molecule has 2 aromatic rings. The zero-order valence-corrected chi connectivity index (χ0v) is 11.5. The first-order valence-electron chi connectivity index (χ1n) is 6.10. The van der Waals surface area contributed by atoms with Crippen molar-refractivity contribution in [2.24, 2.45) is 0 Å². The van der Waals surface area contributed by atoms with E-state index in [2.05, 4.69) is 0 Å². The molecule has 0 radical (unpaired) electrons. The van der Waals surface area contributed by atoms with Gasteiger partial charge >= 0.3 is 13.3 Å². The SMILES string of the molecule is CCC(=O)OP(=O)(c1ccccc1)c1ccccc1. The van der Waals surface area contributed by atoms with Gasteiger partial charge in [-0.2, -0.15) is 0 Å². The van der Waals surface area contributed by atoms with Gasteiger partial charge in [0.25, 0.3) is 0 Å². The maximum Gasteiger partial charge on any atom is 0.310 e. The Labute approximate surface area is 112 Å². The Bertz CT molecular complexity index is 550. The van der Waals surface area contributed by atoms with E-state index in [1.165, 1.54) is 0 Å². The lowest BCUT2D eigenvalue weighted by Gasteiger charge is -2.18. The zero-order valence-electron chi connectivity index (χ0n) is 10.7. The Balaban J connectivity index is 2.51. The van der Waals surface area contributed by atoms with Gasteiger partial charge in [-0.1, -0.05) is 43.3 Å². The molecule has 0 aliphatic rings. The largest absolute Gasteiger partial charge is 0.405 e. The van der Waals surface area contributed by atoms with Crippen molar-refractivity contribution in [1.82, 2.24) is 0 Å². The quantitative estimate of drug-likeness (QED) is 0.805. The molecule has 0 spiro atoms. The summed E-state index contributed by atoms with van der Waals surface area (Å²) in [6.45, 7) is 1.68. The lowest BCUT2D eigenvalue weighted by molar-refractivity contribution is -0.133. The third-order valence-electron chi connectivity index (χ3n) is 2.71. The number of rotatable bonds is 4. The topological polar surface area (TPSA) is 43.4 Å². The molecule has 2 aromatic carbocycles. The van der Waals surface area contributed by atoms with Gasteiger partial charge in [0.15, 0.2) is 0 Å². The van der Waals surface area contributed by atoms with Crippen molar-refractivity contribution in [2.45, 2.75) is 13.3 Å². The zero-order chi connectivity index (χ0) is 13.7. The van der Waals surface area contributed by atoms with Crippen molar-refractivity contribution < 1.29 is 13.9 Å². The van der Waals surface area contributed by atoms with E-state index < -0.39 is 13.3 Å². The van der Waals surface area contributed by atoms with Crippen molar-refractivity contribution in [3.05, 3.63) is 60.7 Å². The maximum atomic E-state index is 13.1. The summed E-state index contributed by atoms with van der Waals surface area (Å²) in [6.07, 6.45) is 0.198. The van der Waals surface area contributed by atoms with E-state index in [9.17, 15) is 9.36 Å². The summed E-state index contributed by atoms with van der Waals surface area (Å²) in [5.41, 5.74) is 0. The molecule has 0 fully saturated rings. The van der Waals surface area contributed by atoms with Crippen LogP contribution in [-0.2, 0) is 13.9 Å². The Morgan fingerprint density at radius 2 is 1.37 bits per heavy atom. The van der Waals surface area contributed by atoms with Crippen LogP contribution in [0.2, 0.25) is 0 Å². The van der Waals surface area contributed by atoms with Crippen LogP contribution in [0.3, 0.4) is 0 Å². The van der Waals surface area contributed by atoms with Gasteiger partial charge in [0.2, 0.25) is 0 Å². The molecular weight excluding hydrogens is 259 g/mol. The van der Waals surface area contributed by atoms with Gasteiger partial charge in [-0.25, -0.2) is 0 Å². The van der Waals surface area contributed by atoms with E-state index in [1.54, 1.807) is 55.5 Å². The minimum absolute atomic E-state index is 0.198. The van der Waals surface area contributed by atoms with Gasteiger partial charge in [0, 0.05) is 6.42 Å². The molecule has 0 heterocycles. The molecule has 0 atom stereocenters. The third-order valence-corrected chi connectivity index (χ3v) is 5.13. The van der Waals surface area contributed by atoms with Gasteiger partial charge in [-0.05, 0) is 24.3 Å². The lowest BCUT2D eigenvalue weighted by atomic mass is 10.4. The summed E-state index contributed by atoms with van der Waals surface area (Å²) in [7, 11) is -3.35. The second kappa shape index (κ2) is 5.85. The van der Waals surface area contributed by atoms with Crippen LogP contribution in [0, 0.1) is 0 Å². The molecule has 98 valence electrons. The van der Waals surface area contributed by atoms with Crippen molar-refractivity contribution in [3.63, 3.8) is 0 Å². The Hall–Kier alpha value is -1.86. The molecule has 2 rings (SSSR count). The fourth-order valence-electron chi connectivity index (χ4n) is 1.71. The van der Waals surface area contributed by atoms with Crippen LogP contribution in [0.5, 0.6) is 0 Å². The molecule has 0 saturated carbocycles. The molecule has 3 nitrogen and oxygen atoms in total. The molecule has 4 heteroatoms. The van der Waals surface area contributed by atoms with Crippen molar-refractivity contribution in [3.8, 4) is 0 Å². The van der Waals surface area contributed by atoms with E-state index in [0.717, 1.165) is 0 Å². The first-order valence-corrected chi connectivity index (χ1v) is 7.73. The first-order chi connectivity index (χ1) is 9.16. The highest BCUT2D eigenvalue weighted by Crippen LogP contribution is 2.44. The van der Waals surface area contributed by atoms with E-state index in [1.807, 2.05) is 12.1 Å². The Morgan fingerprint density at radius 1 is 0.947 bits per heavy atom. The number of carbonyl (C=O) groups excluding carboxylic acids is 1. The molecular formula is C15H15O3P. The summed E-state index contributed by atoms with van der Waals surface area (Å²) in [4.78, 5) is 11.6. The first kappa shape index (κ1) is 13.6. The van der Waals surface area contributed by atoms with Crippen LogP contribution >= 0.6 is 7.37 Å². The van der Waals surface area contributed by atoms with E-state index >= 15 is 0 Å². The molecule has 0 saturated heterocycles. The number of carbonyl (C=O) groups is 1. The number of benzene rings is 2. The fraction of sp³-hybridized carbons (Fsp3) is 0.133. The highest BCUT2D eigenvalue weighted by Gasteiger charge is 2.31. The summed E-state index contributed by atoms with van der Waals surface area (Å²) in [5.74, 6) is -0.462. The predicted octanol–water partition coefficient (Wildman–Crippen LogP) is 2.87. The number of hydrogen-bond donors (Lipinski definition) is 0. The standard InChI is InChI=1S/C15H15O3P/c1-2-15(16)18-19(17,13-9-5-3-6-10-13)14-11-7-4-8-12-14/h3-12H,2H2,1H3. The third kappa shape index (κ3) is 2.94. The minimum atomic E-state index is -3.35. The Kier molecular flexibility index (Phi) is 4.18. The molecule has 0 bridgehead atoms. The highest BCUT2D eigenvalue weighted by molar-refractivity contribution is 7.74. The van der Waals surface area contributed by atoms with Crippen LogP contribution in [0.25, 0.3) is 0 Å². The van der Waals surface area contributed by atoms with Crippen molar-refractivity contribution in [2.75, 3.05) is 0 Å². The molecule has 0 aromatic heterocycles. The van der Waals surface area contributed by atoms with E-state index in [0.29, 0.717) is 10.6 Å². The summed E-state index contributed by atoms with van der Waals surface area (Å²) >= 11 is 0. The minimum Gasteiger partial charge on any atom is -0.405 e. The van der Waals surface area contributed by atoms with Crippen LogP contribution in [0.1, 0.15) is 13.3 Å². The van der Waals surface area contributed by atoms with E-state index in [-0.39, 0.29) is 6.42 Å². The van der Waals surface area contributed by atoms with Crippen LogP contribution in [0.4, 0.5) is 0 Å². The van der Waals surface area contributed by atoms with Crippen molar-refractivity contribution >= 4 is 23.9 Å². The van der Waals surface area contributed by atoms with Gasteiger partial charge in [-0.15, -0.1) is 0 Å². The molecule has 19 heavy (non-hydrogen) atoms. The van der Waals surface area contributed by atoms with Gasteiger partial charge in [0.1, 0.15) is 0 Å². The molecule has 0 unspecified atom stereocenters. The highest BCUT2D eigenvalue weighted by atomic mass is 31.2. The maximum absolute atomic E-state index is 13.1. The normalized spacial score (nSPS) is 11.0. The van der Waals surface area contributed by atoms with Crippen LogP contribution < -0.4 is 10.6 Å². The number of hydrogen-bond acceptors (Lipinski definition) is 3. The second-order valence-corrected chi connectivity index (χ2v) is 6.36. The monoisotopic (exact) mass is 274 g/mol. The van der Waals surface area contributed by atoms with Gasteiger partial charge < -0.3 is 4.52 Å².